The van der Waals surface area contributed by atoms with Gasteiger partial charge >= 0.3 is 0 Å². The molecule has 1 saturated heterocycles. The summed E-state index contributed by atoms with van der Waals surface area (Å²) in [5.41, 5.74) is 1.21. The zero-order chi connectivity index (χ0) is 17.9. The van der Waals surface area contributed by atoms with Crippen molar-refractivity contribution in [2.75, 3.05) is 59.7 Å². The molecule has 1 heterocycles. The van der Waals surface area contributed by atoms with Crippen molar-refractivity contribution < 1.29 is 14.6 Å². The van der Waals surface area contributed by atoms with Crippen LogP contribution in [0.25, 0.3) is 0 Å². The van der Waals surface area contributed by atoms with Gasteiger partial charge in [0.05, 0.1) is 39.5 Å². The third-order valence-corrected chi connectivity index (χ3v) is 4.16. The van der Waals surface area contributed by atoms with E-state index in [-0.39, 0.29) is 36.6 Å². The molecule has 0 amide bonds. The van der Waals surface area contributed by atoms with E-state index in [1.54, 1.807) is 7.11 Å². The number of rotatable bonds is 8. The molecule has 148 valence electrons. The van der Waals surface area contributed by atoms with Crippen molar-refractivity contribution in [3.63, 3.8) is 0 Å². The average molecular weight is 478 g/mol. The predicted molar refractivity (Wildman–Crippen MR) is 115 cm³/mol. The van der Waals surface area contributed by atoms with Gasteiger partial charge < -0.3 is 25.2 Å². The predicted octanol–water partition coefficient (Wildman–Crippen LogP) is 1.23. The largest absolute Gasteiger partial charge is 0.497 e. The van der Waals surface area contributed by atoms with Gasteiger partial charge in [-0.05, 0) is 24.6 Å². The highest BCUT2D eigenvalue weighted by Gasteiger charge is 2.22. The van der Waals surface area contributed by atoms with Gasteiger partial charge in [-0.3, -0.25) is 9.89 Å². The number of benzene rings is 1. The Labute approximate surface area is 173 Å². The van der Waals surface area contributed by atoms with Crippen LogP contribution in [-0.2, 0) is 4.74 Å². The molecule has 1 unspecified atom stereocenters. The van der Waals surface area contributed by atoms with E-state index in [1.165, 1.54) is 5.56 Å². The quantitative estimate of drug-likeness (QED) is 0.297. The molecular formula is C18H31IN4O3. The first-order chi connectivity index (χ1) is 12.3. The molecule has 7 nitrogen and oxygen atoms in total. The van der Waals surface area contributed by atoms with Crippen LogP contribution in [0.1, 0.15) is 18.5 Å². The van der Waals surface area contributed by atoms with Gasteiger partial charge in [0.1, 0.15) is 5.75 Å². The third kappa shape index (κ3) is 7.26. The molecule has 1 aromatic rings. The van der Waals surface area contributed by atoms with E-state index in [9.17, 15) is 0 Å². The number of hydrogen-bond acceptors (Lipinski definition) is 5. The lowest BCUT2D eigenvalue weighted by atomic mass is 10.0. The molecule has 1 aliphatic rings. The van der Waals surface area contributed by atoms with E-state index in [4.69, 9.17) is 19.6 Å². The second kappa shape index (κ2) is 13.1. The summed E-state index contributed by atoms with van der Waals surface area (Å²) in [6, 6.07) is 8.36. The minimum Gasteiger partial charge on any atom is -0.497 e. The fourth-order valence-corrected chi connectivity index (χ4v) is 2.84. The average Bonchev–Trinajstić information content (AvgIpc) is 2.67. The number of aliphatic imine (C=N–C) groups is 1. The van der Waals surface area contributed by atoms with Crippen molar-refractivity contribution in [1.29, 1.82) is 0 Å². The molecule has 0 radical (unpaired) electrons. The molecular weight excluding hydrogens is 447 g/mol. The summed E-state index contributed by atoms with van der Waals surface area (Å²) in [6.07, 6.45) is 0. The molecule has 26 heavy (non-hydrogen) atoms. The van der Waals surface area contributed by atoms with E-state index >= 15 is 0 Å². The summed E-state index contributed by atoms with van der Waals surface area (Å²) in [6.45, 7) is 7.29. The highest BCUT2D eigenvalue weighted by Crippen LogP contribution is 2.24. The number of guanidine groups is 1. The lowest BCUT2D eigenvalue weighted by molar-refractivity contribution is 0.0179. The van der Waals surface area contributed by atoms with Crippen LogP contribution in [-0.4, -0.2) is 75.6 Å². The van der Waals surface area contributed by atoms with Crippen LogP contribution in [0.3, 0.4) is 0 Å². The first-order valence-corrected chi connectivity index (χ1v) is 8.87. The number of nitrogens with zero attached hydrogens (tertiary/aromatic N) is 2. The number of methoxy groups -OCH3 is 1. The lowest BCUT2D eigenvalue weighted by Crippen LogP contribution is -2.42. The summed E-state index contributed by atoms with van der Waals surface area (Å²) < 4.78 is 10.8. The molecule has 1 atom stereocenters. The Kier molecular flexibility index (Phi) is 11.6. The molecule has 1 aromatic carbocycles. The molecule has 0 spiro atoms. The van der Waals surface area contributed by atoms with Crippen LogP contribution < -0.4 is 15.4 Å². The second-order valence-electron chi connectivity index (χ2n) is 5.81. The summed E-state index contributed by atoms with van der Waals surface area (Å²) in [7, 11) is 1.67. The van der Waals surface area contributed by atoms with Crippen LogP contribution in [0.5, 0.6) is 5.75 Å². The van der Waals surface area contributed by atoms with Gasteiger partial charge in [-0.2, -0.15) is 0 Å². The summed E-state index contributed by atoms with van der Waals surface area (Å²) in [5, 5.41) is 15.3. The number of ether oxygens (including phenoxy) is 2. The van der Waals surface area contributed by atoms with Crippen molar-refractivity contribution in [2.45, 2.75) is 13.0 Å². The van der Waals surface area contributed by atoms with Crippen molar-refractivity contribution in [3.05, 3.63) is 29.8 Å². The topological polar surface area (TPSA) is 78.4 Å². The van der Waals surface area contributed by atoms with Crippen molar-refractivity contribution in [1.82, 2.24) is 15.5 Å². The molecule has 0 bridgehead atoms. The van der Waals surface area contributed by atoms with Crippen LogP contribution in [0.15, 0.2) is 29.3 Å². The van der Waals surface area contributed by atoms with Gasteiger partial charge in [-0.15, -0.1) is 24.0 Å². The van der Waals surface area contributed by atoms with Gasteiger partial charge in [0.25, 0.3) is 0 Å². The maximum absolute atomic E-state index is 9.01. The van der Waals surface area contributed by atoms with Crippen molar-refractivity contribution in [3.8, 4) is 5.75 Å². The minimum atomic E-state index is 0. The van der Waals surface area contributed by atoms with Crippen LogP contribution in [0.2, 0.25) is 0 Å². The number of aliphatic hydroxyl groups excluding tert-OH is 1. The van der Waals surface area contributed by atoms with E-state index in [0.717, 1.165) is 44.6 Å². The zero-order valence-electron chi connectivity index (χ0n) is 15.6. The standard InChI is InChI=1S/C18H30N4O3.HI/c1-3-19-18(20-8-11-23)21-14-17(22-9-12-25-13-10-22)15-4-6-16(24-2)7-5-15;/h4-7,17,23H,3,8-14H2,1-2H3,(H2,19,20,21);1H. The Balaban J connectivity index is 0.00000338. The molecule has 3 N–H and O–H groups in total. The van der Waals surface area contributed by atoms with Gasteiger partial charge in [0, 0.05) is 26.2 Å². The smallest absolute Gasteiger partial charge is 0.191 e. The van der Waals surface area contributed by atoms with Crippen molar-refractivity contribution in [2.24, 2.45) is 4.99 Å². The highest BCUT2D eigenvalue weighted by atomic mass is 127. The van der Waals surface area contributed by atoms with Gasteiger partial charge in [-0.1, -0.05) is 12.1 Å². The van der Waals surface area contributed by atoms with Crippen LogP contribution in [0.4, 0.5) is 0 Å². The van der Waals surface area contributed by atoms with Gasteiger partial charge in [0.15, 0.2) is 5.96 Å². The Morgan fingerprint density at radius 1 is 1.27 bits per heavy atom. The normalized spacial score (nSPS) is 16.5. The lowest BCUT2D eigenvalue weighted by Gasteiger charge is -2.34. The molecule has 1 aliphatic heterocycles. The first kappa shape index (κ1) is 22.9. The fraction of sp³-hybridized carbons (Fsp3) is 0.611. The molecule has 1 fully saturated rings. The highest BCUT2D eigenvalue weighted by molar-refractivity contribution is 14.0. The molecule has 0 aliphatic carbocycles. The first-order valence-electron chi connectivity index (χ1n) is 8.87. The fourth-order valence-electron chi connectivity index (χ4n) is 2.84. The number of hydrogen-bond donors (Lipinski definition) is 3. The molecule has 2 rings (SSSR count). The maximum Gasteiger partial charge on any atom is 0.191 e. The second-order valence-corrected chi connectivity index (χ2v) is 5.81. The third-order valence-electron chi connectivity index (χ3n) is 4.16. The van der Waals surface area contributed by atoms with Crippen molar-refractivity contribution >= 4 is 29.9 Å². The van der Waals surface area contributed by atoms with E-state index < -0.39 is 0 Å². The number of aliphatic hydroxyl groups is 1. The van der Waals surface area contributed by atoms with E-state index in [2.05, 4.69) is 27.7 Å². The number of nitrogens with one attached hydrogen (secondary N) is 2. The Hall–Kier alpha value is -1.10. The molecule has 8 heteroatoms. The zero-order valence-corrected chi connectivity index (χ0v) is 17.9. The van der Waals surface area contributed by atoms with E-state index in [0.29, 0.717) is 13.1 Å². The number of halogens is 1. The summed E-state index contributed by atoms with van der Waals surface area (Å²) >= 11 is 0. The minimum absolute atomic E-state index is 0. The number of morpholine rings is 1. The Morgan fingerprint density at radius 3 is 2.54 bits per heavy atom. The molecule has 0 aromatic heterocycles. The maximum atomic E-state index is 9.01. The SMILES string of the molecule is CCNC(=NCC(c1ccc(OC)cc1)N1CCOCC1)NCCO.I. The van der Waals surface area contributed by atoms with Crippen LogP contribution >= 0.6 is 24.0 Å². The van der Waals surface area contributed by atoms with Gasteiger partial charge in [-0.25, -0.2) is 0 Å². The van der Waals surface area contributed by atoms with E-state index in [1.807, 2.05) is 19.1 Å². The summed E-state index contributed by atoms with van der Waals surface area (Å²) in [5.74, 6) is 1.58. The Bertz CT molecular complexity index is 522. The molecule has 0 saturated carbocycles. The van der Waals surface area contributed by atoms with Gasteiger partial charge in [0.2, 0.25) is 0 Å². The monoisotopic (exact) mass is 478 g/mol. The van der Waals surface area contributed by atoms with Crippen LogP contribution in [0, 0.1) is 0 Å². The Morgan fingerprint density at radius 2 is 1.96 bits per heavy atom. The summed E-state index contributed by atoms with van der Waals surface area (Å²) in [4.78, 5) is 7.12.